The summed E-state index contributed by atoms with van der Waals surface area (Å²) in [5, 5.41) is 0. The highest BCUT2D eigenvalue weighted by Crippen LogP contribution is 2.26. The summed E-state index contributed by atoms with van der Waals surface area (Å²) in [7, 11) is 1.71. The number of hydrogen-bond donors (Lipinski definition) is 1. The van der Waals surface area contributed by atoms with Crippen molar-refractivity contribution in [1.29, 1.82) is 0 Å². The number of carbonyl (C=O) groups excluding carboxylic acids is 1. The molecule has 2 N–H and O–H groups in total. The quantitative estimate of drug-likeness (QED) is 0.867. The SMILES string of the molecule is CN(CC1CC(N)C1)C(=O)c1ccccc1F. The Hall–Kier alpha value is -1.42. The molecule has 1 aromatic rings. The molecular weight excluding hydrogens is 219 g/mol. The van der Waals surface area contributed by atoms with Crippen LogP contribution in [0.25, 0.3) is 0 Å². The van der Waals surface area contributed by atoms with E-state index in [2.05, 4.69) is 0 Å². The highest BCUT2D eigenvalue weighted by atomic mass is 19.1. The Bertz CT molecular complexity index is 416. The van der Waals surface area contributed by atoms with Crippen LogP contribution in [0.2, 0.25) is 0 Å². The van der Waals surface area contributed by atoms with Crippen LogP contribution < -0.4 is 5.73 Å². The predicted molar refractivity (Wildman–Crippen MR) is 64.1 cm³/mol. The maximum Gasteiger partial charge on any atom is 0.256 e. The van der Waals surface area contributed by atoms with E-state index < -0.39 is 5.82 Å². The second-order valence-corrected chi connectivity index (χ2v) is 4.76. The maximum atomic E-state index is 13.4. The van der Waals surface area contributed by atoms with Crippen LogP contribution in [-0.2, 0) is 0 Å². The average Bonchev–Trinajstić information content (AvgIpc) is 2.26. The van der Waals surface area contributed by atoms with Gasteiger partial charge in [0.2, 0.25) is 0 Å². The molecule has 0 atom stereocenters. The van der Waals surface area contributed by atoms with Crippen molar-refractivity contribution < 1.29 is 9.18 Å². The minimum atomic E-state index is -0.463. The Morgan fingerprint density at radius 1 is 1.47 bits per heavy atom. The summed E-state index contributed by atoms with van der Waals surface area (Å²) >= 11 is 0. The van der Waals surface area contributed by atoms with Gasteiger partial charge in [-0.1, -0.05) is 12.1 Å². The van der Waals surface area contributed by atoms with Crippen molar-refractivity contribution in [3.63, 3.8) is 0 Å². The van der Waals surface area contributed by atoms with Gasteiger partial charge in [-0.05, 0) is 30.9 Å². The van der Waals surface area contributed by atoms with Gasteiger partial charge >= 0.3 is 0 Å². The summed E-state index contributed by atoms with van der Waals surface area (Å²) < 4.78 is 13.4. The molecule has 0 aliphatic heterocycles. The number of benzene rings is 1. The Kier molecular flexibility index (Phi) is 3.43. The van der Waals surface area contributed by atoms with E-state index in [-0.39, 0.29) is 17.5 Å². The van der Waals surface area contributed by atoms with E-state index in [1.54, 1.807) is 24.1 Å². The minimum Gasteiger partial charge on any atom is -0.341 e. The molecule has 0 heterocycles. The molecule has 0 aromatic heterocycles. The molecule has 3 nitrogen and oxygen atoms in total. The molecule has 0 bridgehead atoms. The van der Waals surface area contributed by atoms with Gasteiger partial charge in [-0.25, -0.2) is 4.39 Å². The van der Waals surface area contributed by atoms with Crippen LogP contribution in [0.5, 0.6) is 0 Å². The van der Waals surface area contributed by atoms with Crippen molar-refractivity contribution in [1.82, 2.24) is 4.90 Å². The smallest absolute Gasteiger partial charge is 0.256 e. The van der Waals surface area contributed by atoms with Gasteiger partial charge in [-0.2, -0.15) is 0 Å². The molecule has 0 saturated heterocycles. The number of halogens is 1. The maximum absolute atomic E-state index is 13.4. The second kappa shape index (κ2) is 4.84. The van der Waals surface area contributed by atoms with Gasteiger partial charge in [-0.15, -0.1) is 0 Å². The van der Waals surface area contributed by atoms with E-state index in [0.29, 0.717) is 12.5 Å². The second-order valence-electron chi connectivity index (χ2n) is 4.76. The summed E-state index contributed by atoms with van der Waals surface area (Å²) in [6, 6.07) is 6.35. The van der Waals surface area contributed by atoms with E-state index in [0.717, 1.165) is 12.8 Å². The van der Waals surface area contributed by atoms with Crippen LogP contribution in [0.3, 0.4) is 0 Å². The van der Waals surface area contributed by atoms with E-state index >= 15 is 0 Å². The fourth-order valence-electron chi connectivity index (χ4n) is 2.25. The third kappa shape index (κ3) is 2.64. The van der Waals surface area contributed by atoms with Crippen LogP contribution in [-0.4, -0.2) is 30.4 Å². The van der Waals surface area contributed by atoms with Crippen molar-refractivity contribution in [2.75, 3.05) is 13.6 Å². The highest BCUT2D eigenvalue weighted by Gasteiger charge is 2.28. The Morgan fingerprint density at radius 3 is 2.71 bits per heavy atom. The van der Waals surface area contributed by atoms with Crippen molar-refractivity contribution >= 4 is 5.91 Å². The van der Waals surface area contributed by atoms with Gasteiger partial charge in [-0.3, -0.25) is 4.79 Å². The summed E-state index contributed by atoms with van der Waals surface area (Å²) in [6.45, 7) is 0.654. The molecule has 1 amide bonds. The number of carbonyl (C=O) groups is 1. The zero-order valence-electron chi connectivity index (χ0n) is 9.90. The number of rotatable bonds is 3. The Balaban J connectivity index is 1.97. The largest absolute Gasteiger partial charge is 0.341 e. The molecule has 92 valence electrons. The number of nitrogens with zero attached hydrogens (tertiary/aromatic N) is 1. The molecular formula is C13H17FN2O. The molecule has 1 aromatic carbocycles. The standard InChI is InChI=1S/C13H17FN2O/c1-16(8-9-6-10(15)7-9)13(17)11-4-2-3-5-12(11)14/h2-5,9-10H,6-8,15H2,1H3. The monoisotopic (exact) mass is 236 g/mol. The predicted octanol–water partition coefficient (Wildman–Crippen LogP) is 1.63. The highest BCUT2D eigenvalue weighted by molar-refractivity contribution is 5.94. The molecule has 2 rings (SSSR count). The fourth-order valence-corrected chi connectivity index (χ4v) is 2.25. The topological polar surface area (TPSA) is 46.3 Å². The van der Waals surface area contributed by atoms with E-state index in [4.69, 9.17) is 5.73 Å². The lowest BCUT2D eigenvalue weighted by Gasteiger charge is -2.35. The third-order valence-electron chi connectivity index (χ3n) is 3.26. The van der Waals surface area contributed by atoms with E-state index in [9.17, 15) is 9.18 Å². The van der Waals surface area contributed by atoms with Gasteiger partial charge in [0, 0.05) is 19.6 Å². The van der Waals surface area contributed by atoms with Crippen LogP contribution in [0, 0.1) is 11.7 Å². The normalized spacial score (nSPS) is 23.0. The molecule has 1 aliphatic carbocycles. The lowest BCUT2D eigenvalue weighted by molar-refractivity contribution is 0.0729. The van der Waals surface area contributed by atoms with Crippen molar-refractivity contribution in [3.8, 4) is 0 Å². The van der Waals surface area contributed by atoms with E-state index in [1.807, 2.05) is 0 Å². The number of hydrogen-bond acceptors (Lipinski definition) is 2. The average molecular weight is 236 g/mol. The van der Waals surface area contributed by atoms with Crippen LogP contribution in [0.15, 0.2) is 24.3 Å². The van der Waals surface area contributed by atoms with Crippen molar-refractivity contribution in [3.05, 3.63) is 35.6 Å². The summed E-state index contributed by atoms with van der Waals surface area (Å²) in [5.74, 6) is -0.260. The molecule has 4 heteroatoms. The van der Waals surface area contributed by atoms with E-state index in [1.165, 1.54) is 12.1 Å². The summed E-state index contributed by atoms with van der Waals surface area (Å²) in [5.41, 5.74) is 5.83. The van der Waals surface area contributed by atoms with Gasteiger partial charge in [0.15, 0.2) is 0 Å². The first-order valence-electron chi connectivity index (χ1n) is 5.83. The molecule has 0 unspecified atom stereocenters. The fraction of sp³-hybridized carbons (Fsp3) is 0.462. The van der Waals surface area contributed by atoms with Crippen molar-refractivity contribution in [2.24, 2.45) is 11.7 Å². The van der Waals surface area contributed by atoms with Gasteiger partial charge in [0.1, 0.15) is 5.82 Å². The first kappa shape index (κ1) is 12.0. The van der Waals surface area contributed by atoms with Crippen molar-refractivity contribution in [2.45, 2.75) is 18.9 Å². The summed E-state index contributed by atoms with van der Waals surface area (Å²) in [4.78, 5) is 13.6. The molecule has 1 aliphatic rings. The molecule has 1 fully saturated rings. The Morgan fingerprint density at radius 2 is 2.12 bits per heavy atom. The molecule has 0 spiro atoms. The zero-order chi connectivity index (χ0) is 12.4. The molecule has 1 saturated carbocycles. The Labute approximate surface area is 100 Å². The first-order valence-corrected chi connectivity index (χ1v) is 5.83. The summed E-state index contributed by atoms with van der Waals surface area (Å²) in [6.07, 6.45) is 1.91. The minimum absolute atomic E-state index is 0.138. The zero-order valence-corrected chi connectivity index (χ0v) is 9.90. The van der Waals surface area contributed by atoms with Crippen LogP contribution in [0.4, 0.5) is 4.39 Å². The molecule has 17 heavy (non-hydrogen) atoms. The van der Waals surface area contributed by atoms with Crippen LogP contribution >= 0.6 is 0 Å². The van der Waals surface area contributed by atoms with Gasteiger partial charge in [0.05, 0.1) is 5.56 Å². The lowest BCUT2D eigenvalue weighted by atomic mass is 9.80. The van der Waals surface area contributed by atoms with Gasteiger partial charge in [0.25, 0.3) is 5.91 Å². The molecule has 0 radical (unpaired) electrons. The lowest BCUT2D eigenvalue weighted by Crippen LogP contribution is -2.43. The number of nitrogens with two attached hydrogens (primary N) is 1. The van der Waals surface area contributed by atoms with Crippen LogP contribution in [0.1, 0.15) is 23.2 Å². The van der Waals surface area contributed by atoms with Gasteiger partial charge < -0.3 is 10.6 Å². The first-order chi connectivity index (χ1) is 8.08. The third-order valence-corrected chi connectivity index (χ3v) is 3.26. The number of amides is 1.